The third-order valence-corrected chi connectivity index (χ3v) is 3.69. The number of benzene rings is 1. The average Bonchev–Trinajstić information content (AvgIpc) is 2.45. The van der Waals surface area contributed by atoms with E-state index in [1.165, 1.54) is 0 Å². The molecule has 0 heterocycles. The van der Waals surface area contributed by atoms with Crippen LogP contribution in [0.3, 0.4) is 0 Å². The molecule has 0 fully saturated rings. The number of rotatable bonds is 5. The fourth-order valence-electron chi connectivity index (χ4n) is 2.74. The molecule has 0 radical (unpaired) electrons. The van der Waals surface area contributed by atoms with Gasteiger partial charge < -0.3 is 10.1 Å². The standard InChI is InChI=1S/C17H20N2O5/c1-4-24-16(21)11-7-5-6-8-12(11)18-13-9-17(2,3)10-14(20)15(13)19(22)23/h5-9,15,18H,4,10H2,1-3H3/t15-/m1/s1. The van der Waals surface area contributed by atoms with Gasteiger partial charge in [-0.1, -0.05) is 32.1 Å². The summed E-state index contributed by atoms with van der Waals surface area (Å²) in [5.41, 5.74) is 0.320. The molecule has 0 bridgehead atoms. The van der Waals surface area contributed by atoms with E-state index in [4.69, 9.17) is 4.74 Å². The number of ether oxygens (including phenoxy) is 1. The van der Waals surface area contributed by atoms with Gasteiger partial charge in [0, 0.05) is 11.3 Å². The second-order valence-electron chi connectivity index (χ2n) is 6.31. The van der Waals surface area contributed by atoms with Gasteiger partial charge >= 0.3 is 12.0 Å². The number of hydrogen-bond acceptors (Lipinski definition) is 6. The summed E-state index contributed by atoms with van der Waals surface area (Å²) in [6, 6.07) is 5.11. The first-order chi connectivity index (χ1) is 11.2. The maximum absolute atomic E-state index is 12.2. The summed E-state index contributed by atoms with van der Waals surface area (Å²) < 4.78 is 4.99. The van der Waals surface area contributed by atoms with E-state index in [1.807, 2.05) is 13.8 Å². The lowest BCUT2D eigenvalue weighted by molar-refractivity contribution is -0.498. The molecular formula is C17H20N2O5. The lowest BCUT2D eigenvalue weighted by atomic mass is 9.79. The number of esters is 1. The van der Waals surface area contributed by atoms with Crippen LogP contribution in [0.5, 0.6) is 0 Å². The molecule has 0 amide bonds. The highest BCUT2D eigenvalue weighted by Crippen LogP contribution is 2.33. The van der Waals surface area contributed by atoms with Crippen molar-refractivity contribution >= 4 is 17.4 Å². The third-order valence-electron chi connectivity index (χ3n) is 3.69. The second-order valence-corrected chi connectivity index (χ2v) is 6.31. The Balaban J connectivity index is 2.41. The van der Waals surface area contributed by atoms with E-state index in [0.717, 1.165) is 0 Å². The molecule has 1 aromatic carbocycles. The van der Waals surface area contributed by atoms with Gasteiger partial charge in [0.2, 0.25) is 5.78 Å². The van der Waals surface area contributed by atoms with Crippen LogP contribution in [-0.2, 0) is 9.53 Å². The Morgan fingerprint density at radius 3 is 2.71 bits per heavy atom. The van der Waals surface area contributed by atoms with Crippen LogP contribution < -0.4 is 5.32 Å². The van der Waals surface area contributed by atoms with Gasteiger partial charge in [0.15, 0.2) is 0 Å². The van der Waals surface area contributed by atoms with Crippen molar-refractivity contribution in [2.75, 3.05) is 11.9 Å². The highest BCUT2D eigenvalue weighted by atomic mass is 16.6. The van der Waals surface area contributed by atoms with Gasteiger partial charge in [-0.2, -0.15) is 0 Å². The van der Waals surface area contributed by atoms with Crippen molar-refractivity contribution in [1.82, 2.24) is 0 Å². The van der Waals surface area contributed by atoms with E-state index in [-0.39, 0.29) is 24.3 Å². The van der Waals surface area contributed by atoms with Gasteiger partial charge in [0.1, 0.15) is 0 Å². The van der Waals surface area contributed by atoms with Crippen LogP contribution in [0.25, 0.3) is 0 Å². The van der Waals surface area contributed by atoms with Crippen molar-refractivity contribution in [3.63, 3.8) is 0 Å². The number of carbonyl (C=O) groups is 2. The number of carbonyl (C=O) groups excluding carboxylic acids is 2. The summed E-state index contributed by atoms with van der Waals surface area (Å²) in [6.07, 6.45) is 1.78. The number of nitro groups is 1. The SMILES string of the molecule is CCOC(=O)c1ccccc1NC1=CC(C)(C)CC(=O)[C@@H]1[N+](=O)[O-]. The summed E-state index contributed by atoms with van der Waals surface area (Å²) in [5, 5.41) is 14.2. The number of nitrogens with one attached hydrogen (secondary N) is 1. The fourth-order valence-corrected chi connectivity index (χ4v) is 2.74. The summed E-state index contributed by atoms with van der Waals surface area (Å²) >= 11 is 0. The molecule has 0 aliphatic heterocycles. The fraction of sp³-hybridized carbons (Fsp3) is 0.412. The van der Waals surface area contributed by atoms with E-state index in [2.05, 4.69) is 5.32 Å². The topological polar surface area (TPSA) is 98.5 Å². The van der Waals surface area contributed by atoms with Crippen LogP contribution in [0.15, 0.2) is 36.0 Å². The summed E-state index contributed by atoms with van der Waals surface area (Å²) in [4.78, 5) is 34.9. The Morgan fingerprint density at radius 1 is 1.42 bits per heavy atom. The molecule has 0 aromatic heterocycles. The van der Waals surface area contributed by atoms with Crippen LogP contribution in [0.2, 0.25) is 0 Å². The molecule has 24 heavy (non-hydrogen) atoms. The van der Waals surface area contributed by atoms with Crippen molar-refractivity contribution in [2.45, 2.75) is 33.2 Å². The molecule has 1 aliphatic rings. The number of para-hydroxylation sites is 1. The first-order valence-electron chi connectivity index (χ1n) is 7.67. The Hall–Kier alpha value is -2.70. The van der Waals surface area contributed by atoms with Crippen LogP contribution in [-0.4, -0.2) is 29.3 Å². The molecule has 2 rings (SSSR count). The maximum atomic E-state index is 12.2. The molecule has 1 N–H and O–H groups in total. The zero-order chi connectivity index (χ0) is 17.9. The first-order valence-corrected chi connectivity index (χ1v) is 7.67. The van der Waals surface area contributed by atoms with E-state index in [9.17, 15) is 19.7 Å². The van der Waals surface area contributed by atoms with Crippen molar-refractivity contribution in [3.8, 4) is 0 Å². The smallest absolute Gasteiger partial charge is 0.340 e. The minimum absolute atomic E-state index is 0.101. The normalized spacial score (nSPS) is 19.4. The minimum atomic E-state index is -1.45. The van der Waals surface area contributed by atoms with Gasteiger partial charge in [-0.3, -0.25) is 14.9 Å². The molecule has 0 spiro atoms. The first kappa shape index (κ1) is 17.7. The third kappa shape index (κ3) is 3.79. The summed E-state index contributed by atoms with van der Waals surface area (Å²) in [7, 11) is 0. The molecule has 7 heteroatoms. The highest BCUT2D eigenvalue weighted by Gasteiger charge is 2.42. The molecule has 1 atom stereocenters. The lowest BCUT2D eigenvalue weighted by Crippen LogP contribution is -2.41. The molecule has 0 unspecified atom stereocenters. The highest BCUT2D eigenvalue weighted by molar-refractivity contribution is 5.96. The Bertz CT molecular complexity index is 709. The predicted octanol–water partition coefficient (Wildman–Crippen LogP) is 2.80. The van der Waals surface area contributed by atoms with Gasteiger partial charge in [0.25, 0.3) is 0 Å². The Kier molecular flexibility index (Phi) is 5.02. The Morgan fingerprint density at radius 2 is 2.08 bits per heavy atom. The molecule has 0 saturated carbocycles. The van der Waals surface area contributed by atoms with E-state index < -0.39 is 28.1 Å². The van der Waals surface area contributed by atoms with Crippen molar-refractivity contribution in [2.24, 2.45) is 5.41 Å². The molecule has 1 aromatic rings. The summed E-state index contributed by atoms with van der Waals surface area (Å²) in [5.74, 6) is -0.983. The number of hydrogen-bond donors (Lipinski definition) is 1. The van der Waals surface area contributed by atoms with E-state index >= 15 is 0 Å². The van der Waals surface area contributed by atoms with Gasteiger partial charge in [-0.15, -0.1) is 0 Å². The molecule has 128 valence electrons. The predicted molar refractivity (Wildman–Crippen MR) is 88.3 cm³/mol. The largest absolute Gasteiger partial charge is 0.462 e. The van der Waals surface area contributed by atoms with E-state index in [0.29, 0.717) is 5.69 Å². The lowest BCUT2D eigenvalue weighted by Gasteiger charge is -2.29. The zero-order valence-electron chi connectivity index (χ0n) is 13.9. The van der Waals surface area contributed by atoms with E-state index in [1.54, 1.807) is 37.3 Å². The van der Waals surface area contributed by atoms with Gasteiger partial charge in [-0.05, 0) is 24.5 Å². The summed E-state index contributed by atoms with van der Waals surface area (Å²) in [6.45, 7) is 5.58. The maximum Gasteiger partial charge on any atom is 0.340 e. The van der Waals surface area contributed by atoms with Crippen molar-refractivity contribution in [3.05, 3.63) is 51.7 Å². The molecule has 7 nitrogen and oxygen atoms in total. The van der Waals surface area contributed by atoms with Gasteiger partial charge in [-0.25, -0.2) is 4.79 Å². The van der Waals surface area contributed by atoms with Crippen LogP contribution in [0, 0.1) is 15.5 Å². The quantitative estimate of drug-likeness (QED) is 0.506. The number of allylic oxidation sites excluding steroid dienone is 1. The number of Topliss-reactive ketones (excluding diaryl/α,β-unsaturated/α-hetero) is 1. The van der Waals surface area contributed by atoms with Gasteiger partial charge in [0.05, 0.1) is 23.6 Å². The second kappa shape index (κ2) is 6.82. The average molecular weight is 332 g/mol. The monoisotopic (exact) mass is 332 g/mol. The number of ketones is 1. The molecule has 1 aliphatic carbocycles. The van der Waals surface area contributed by atoms with Crippen LogP contribution in [0.1, 0.15) is 37.6 Å². The Labute approximate surface area is 139 Å². The van der Waals surface area contributed by atoms with Crippen LogP contribution >= 0.6 is 0 Å². The number of nitrogens with zero attached hydrogens (tertiary/aromatic N) is 1. The molecular weight excluding hydrogens is 312 g/mol. The van der Waals surface area contributed by atoms with Crippen LogP contribution in [0.4, 0.5) is 5.69 Å². The molecule has 0 saturated heterocycles. The van der Waals surface area contributed by atoms with Crippen molar-refractivity contribution < 1.29 is 19.2 Å². The zero-order valence-corrected chi connectivity index (χ0v) is 13.9. The minimum Gasteiger partial charge on any atom is -0.462 e. The van der Waals surface area contributed by atoms with Crippen molar-refractivity contribution in [1.29, 1.82) is 0 Å². The number of anilines is 1.